The van der Waals surface area contributed by atoms with Gasteiger partial charge < -0.3 is 24.2 Å². The van der Waals surface area contributed by atoms with Gasteiger partial charge in [-0.1, -0.05) is 23.4 Å². The Balaban J connectivity index is 1.42. The number of benzene rings is 1. The number of rotatable bonds is 8. The molecule has 0 spiro atoms. The maximum Gasteiger partial charge on any atom is 0.263 e. The maximum atomic E-state index is 12.4. The number of nitrogens with one attached hydrogen (secondary N) is 1. The molecule has 0 bridgehead atoms. The fraction of sp³-hybridized carbons (Fsp3) is 0.455. The van der Waals surface area contributed by atoms with Gasteiger partial charge in [-0.3, -0.25) is 4.79 Å². The van der Waals surface area contributed by atoms with Crippen molar-refractivity contribution >= 4 is 22.8 Å². The lowest BCUT2D eigenvalue weighted by Crippen LogP contribution is -2.37. The summed E-state index contributed by atoms with van der Waals surface area (Å²) in [6.07, 6.45) is 0.684. The molecule has 0 atom stereocenters. The highest BCUT2D eigenvalue weighted by atomic mass is 16.5. The van der Waals surface area contributed by atoms with E-state index in [4.69, 9.17) is 19.0 Å². The number of amides is 1. The number of nitrogens with zero attached hydrogens (tertiary/aromatic N) is 4. The highest BCUT2D eigenvalue weighted by Crippen LogP contribution is 2.27. The highest BCUT2D eigenvalue weighted by molar-refractivity contribution is 5.88. The molecule has 1 amide bonds. The quantitative estimate of drug-likeness (QED) is 0.587. The lowest BCUT2D eigenvalue weighted by atomic mass is 10.2. The van der Waals surface area contributed by atoms with Gasteiger partial charge in [-0.2, -0.15) is 4.98 Å². The standard InChI is InChI=1S/C22H27N5O4/c1-3-30-17-7-5-4-6-16(17)14-23-19(28)9-8-18-24-21(27-10-12-29-13-11-27)20-15(2)26-31-22(20)25-18/h4-7H,3,8-14H2,1-2H3,(H,23,28). The SMILES string of the molecule is CCOc1ccccc1CNC(=O)CCc1nc(N2CCOCC2)c2c(C)noc2n1. The highest BCUT2D eigenvalue weighted by Gasteiger charge is 2.22. The summed E-state index contributed by atoms with van der Waals surface area (Å²) in [5, 5.41) is 7.82. The molecular weight excluding hydrogens is 398 g/mol. The molecule has 1 fully saturated rings. The Kier molecular flexibility index (Phi) is 6.61. The molecule has 3 heterocycles. The molecule has 0 aliphatic carbocycles. The second-order valence-electron chi connectivity index (χ2n) is 7.33. The average molecular weight is 425 g/mol. The molecule has 9 heteroatoms. The molecule has 1 aliphatic rings. The van der Waals surface area contributed by atoms with Crippen molar-refractivity contribution in [1.29, 1.82) is 0 Å². The maximum absolute atomic E-state index is 12.4. The smallest absolute Gasteiger partial charge is 0.263 e. The molecule has 9 nitrogen and oxygen atoms in total. The number of hydrogen-bond donors (Lipinski definition) is 1. The number of fused-ring (bicyclic) bond motifs is 1. The summed E-state index contributed by atoms with van der Waals surface area (Å²) in [5.74, 6) is 2.08. The summed E-state index contributed by atoms with van der Waals surface area (Å²) < 4.78 is 16.5. The summed E-state index contributed by atoms with van der Waals surface area (Å²) in [7, 11) is 0. The first-order valence-electron chi connectivity index (χ1n) is 10.6. The van der Waals surface area contributed by atoms with Crippen molar-refractivity contribution in [2.24, 2.45) is 0 Å². The zero-order valence-electron chi connectivity index (χ0n) is 17.9. The largest absolute Gasteiger partial charge is 0.494 e. The van der Waals surface area contributed by atoms with Crippen LogP contribution in [0.15, 0.2) is 28.8 Å². The van der Waals surface area contributed by atoms with E-state index in [2.05, 4.69) is 20.4 Å². The number of para-hydroxylation sites is 1. The van der Waals surface area contributed by atoms with Crippen LogP contribution in [0.5, 0.6) is 5.75 Å². The number of carbonyl (C=O) groups excluding carboxylic acids is 1. The van der Waals surface area contributed by atoms with Gasteiger partial charge in [0.1, 0.15) is 22.8 Å². The van der Waals surface area contributed by atoms with Crippen molar-refractivity contribution in [3.8, 4) is 5.75 Å². The molecule has 164 valence electrons. The third-order valence-electron chi connectivity index (χ3n) is 5.17. The van der Waals surface area contributed by atoms with Gasteiger partial charge in [-0.25, -0.2) is 4.98 Å². The fourth-order valence-corrected chi connectivity index (χ4v) is 3.58. The van der Waals surface area contributed by atoms with Crippen LogP contribution in [-0.2, 0) is 22.5 Å². The molecule has 0 radical (unpaired) electrons. The van der Waals surface area contributed by atoms with E-state index in [-0.39, 0.29) is 12.3 Å². The van der Waals surface area contributed by atoms with Gasteiger partial charge in [0, 0.05) is 38.0 Å². The molecule has 4 rings (SSSR count). The number of carbonyl (C=O) groups is 1. The first kappa shape index (κ1) is 21.0. The van der Waals surface area contributed by atoms with Gasteiger partial charge in [-0.15, -0.1) is 0 Å². The number of hydrogen-bond acceptors (Lipinski definition) is 8. The average Bonchev–Trinajstić information content (AvgIpc) is 3.18. The number of anilines is 1. The van der Waals surface area contributed by atoms with Crippen molar-refractivity contribution in [1.82, 2.24) is 20.4 Å². The van der Waals surface area contributed by atoms with E-state index in [1.165, 1.54) is 0 Å². The second kappa shape index (κ2) is 9.74. The topological polar surface area (TPSA) is 103 Å². The van der Waals surface area contributed by atoms with E-state index in [0.717, 1.165) is 41.3 Å². The van der Waals surface area contributed by atoms with E-state index in [9.17, 15) is 4.79 Å². The summed E-state index contributed by atoms with van der Waals surface area (Å²) >= 11 is 0. The first-order chi connectivity index (χ1) is 15.2. The van der Waals surface area contributed by atoms with Crippen LogP contribution in [0.4, 0.5) is 5.82 Å². The van der Waals surface area contributed by atoms with Crippen molar-refractivity contribution in [2.45, 2.75) is 33.2 Å². The number of aryl methyl sites for hydroxylation is 2. The normalized spacial score (nSPS) is 14.1. The van der Waals surface area contributed by atoms with Crippen LogP contribution in [0.1, 0.15) is 30.4 Å². The molecule has 2 aromatic heterocycles. The zero-order chi connectivity index (χ0) is 21.6. The lowest BCUT2D eigenvalue weighted by molar-refractivity contribution is -0.121. The van der Waals surface area contributed by atoms with Crippen LogP contribution in [0, 0.1) is 6.92 Å². The lowest BCUT2D eigenvalue weighted by Gasteiger charge is -2.28. The van der Waals surface area contributed by atoms with E-state index < -0.39 is 0 Å². The predicted molar refractivity (Wildman–Crippen MR) is 115 cm³/mol. The van der Waals surface area contributed by atoms with Crippen LogP contribution >= 0.6 is 0 Å². The van der Waals surface area contributed by atoms with E-state index in [1.54, 1.807) is 0 Å². The first-order valence-corrected chi connectivity index (χ1v) is 10.6. The molecule has 1 N–H and O–H groups in total. The second-order valence-corrected chi connectivity index (χ2v) is 7.33. The monoisotopic (exact) mass is 425 g/mol. The van der Waals surface area contributed by atoms with E-state index in [0.29, 0.717) is 44.3 Å². The summed E-state index contributed by atoms with van der Waals surface area (Å²) in [6.45, 7) is 7.60. The fourth-order valence-electron chi connectivity index (χ4n) is 3.58. The van der Waals surface area contributed by atoms with E-state index in [1.807, 2.05) is 38.1 Å². The van der Waals surface area contributed by atoms with Crippen molar-refractivity contribution in [3.63, 3.8) is 0 Å². The minimum absolute atomic E-state index is 0.0725. The van der Waals surface area contributed by atoms with Gasteiger partial charge in [0.15, 0.2) is 0 Å². The number of aromatic nitrogens is 3. The van der Waals surface area contributed by atoms with Crippen LogP contribution in [0.3, 0.4) is 0 Å². The van der Waals surface area contributed by atoms with Crippen LogP contribution in [-0.4, -0.2) is 53.9 Å². The third-order valence-corrected chi connectivity index (χ3v) is 5.17. The minimum Gasteiger partial charge on any atom is -0.494 e. The predicted octanol–water partition coefficient (Wildman–Crippen LogP) is 2.41. The van der Waals surface area contributed by atoms with Crippen molar-refractivity contribution < 1.29 is 18.8 Å². The number of morpholine rings is 1. The molecular formula is C22H27N5O4. The molecule has 1 aromatic carbocycles. The van der Waals surface area contributed by atoms with Crippen LogP contribution in [0.2, 0.25) is 0 Å². The van der Waals surface area contributed by atoms with Crippen molar-refractivity contribution in [3.05, 3.63) is 41.3 Å². The summed E-state index contributed by atoms with van der Waals surface area (Å²) in [5.41, 5.74) is 2.16. The van der Waals surface area contributed by atoms with Gasteiger partial charge in [0.2, 0.25) is 5.91 Å². The van der Waals surface area contributed by atoms with Crippen molar-refractivity contribution in [2.75, 3.05) is 37.8 Å². The summed E-state index contributed by atoms with van der Waals surface area (Å²) in [4.78, 5) is 23.8. The Bertz CT molecular complexity index is 1050. The van der Waals surface area contributed by atoms with Crippen LogP contribution < -0.4 is 15.0 Å². The summed E-state index contributed by atoms with van der Waals surface area (Å²) in [6, 6.07) is 7.70. The number of ether oxygens (including phenoxy) is 2. The van der Waals surface area contributed by atoms with E-state index >= 15 is 0 Å². The molecule has 3 aromatic rings. The van der Waals surface area contributed by atoms with Gasteiger partial charge in [-0.05, 0) is 19.9 Å². The Morgan fingerprint density at radius 3 is 2.84 bits per heavy atom. The third kappa shape index (κ3) is 4.93. The molecule has 31 heavy (non-hydrogen) atoms. The van der Waals surface area contributed by atoms with Gasteiger partial charge in [0.05, 0.1) is 25.5 Å². The minimum atomic E-state index is -0.0725. The Morgan fingerprint density at radius 1 is 1.23 bits per heavy atom. The molecule has 1 aliphatic heterocycles. The zero-order valence-corrected chi connectivity index (χ0v) is 17.9. The van der Waals surface area contributed by atoms with Crippen LogP contribution in [0.25, 0.3) is 11.1 Å². The Labute approximate surface area is 180 Å². The molecule has 0 unspecified atom stereocenters. The van der Waals surface area contributed by atoms with Gasteiger partial charge >= 0.3 is 0 Å². The Morgan fingerprint density at radius 2 is 2.03 bits per heavy atom. The molecule has 1 saturated heterocycles. The molecule has 0 saturated carbocycles. The Hall–Kier alpha value is -3.20. The van der Waals surface area contributed by atoms with Gasteiger partial charge in [0.25, 0.3) is 5.71 Å².